The van der Waals surface area contributed by atoms with Crippen LogP contribution in [0.4, 0.5) is 0 Å². The first kappa shape index (κ1) is 47.0. The van der Waals surface area contributed by atoms with Crippen LogP contribution in [0.3, 0.4) is 0 Å². The SMILES string of the molecule is CCCCCCOc1cc(C#Cc2ccc(CCc3ccnc(-c4cc(C)ccn4)c3)cc2)c(OCCCCCC)cc1C#Cc1ccc(CCc2ccnc(-c3cc(C)ccn3)c2)cc1. The lowest BCUT2D eigenvalue weighted by Crippen LogP contribution is -2.03. The summed E-state index contributed by atoms with van der Waals surface area (Å²) in [6.45, 7) is 9.86. The van der Waals surface area contributed by atoms with Crippen molar-refractivity contribution in [2.45, 2.75) is 105 Å². The zero-order valence-corrected chi connectivity index (χ0v) is 39.2. The van der Waals surface area contributed by atoms with Crippen molar-refractivity contribution in [1.82, 2.24) is 19.9 Å². The number of benzene rings is 3. The topological polar surface area (TPSA) is 70.0 Å². The van der Waals surface area contributed by atoms with Crippen LogP contribution in [0.1, 0.15) is 121 Å². The Balaban J connectivity index is 1.06. The maximum atomic E-state index is 6.49. The van der Waals surface area contributed by atoms with E-state index in [1.807, 2.05) is 49.1 Å². The highest BCUT2D eigenvalue weighted by molar-refractivity contribution is 5.61. The van der Waals surface area contributed by atoms with Gasteiger partial charge in [0.15, 0.2) is 0 Å². The maximum Gasteiger partial charge on any atom is 0.136 e. The third-order valence-corrected chi connectivity index (χ3v) is 11.6. The number of unbranched alkanes of at least 4 members (excludes halogenated alkanes) is 6. The molecule has 0 aliphatic heterocycles. The molecule has 4 heterocycles. The Bertz CT molecular complexity index is 2580. The van der Waals surface area contributed by atoms with Crippen LogP contribution < -0.4 is 9.47 Å². The Morgan fingerprint density at radius 1 is 0.379 bits per heavy atom. The molecule has 0 saturated carbocycles. The van der Waals surface area contributed by atoms with E-state index in [-0.39, 0.29) is 0 Å². The molecule has 0 fully saturated rings. The summed E-state index contributed by atoms with van der Waals surface area (Å²) < 4.78 is 13.0. The summed E-state index contributed by atoms with van der Waals surface area (Å²) in [6, 6.07) is 37.9. The first-order valence-electron chi connectivity index (χ1n) is 23.8. The zero-order chi connectivity index (χ0) is 45.8. The van der Waals surface area contributed by atoms with E-state index >= 15 is 0 Å². The van der Waals surface area contributed by atoms with Crippen molar-refractivity contribution in [2.24, 2.45) is 0 Å². The molecular weight excluding hydrogens is 809 g/mol. The number of hydrogen-bond acceptors (Lipinski definition) is 6. The number of ether oxygens (including phenoxy) is 2. The van der Waals surface area contributed by atoms with E-state index < -0.39 is 0 Å². The molecule has 7 aromatic rings. The quantitative estimate of drug-likeness (QED) is 0.0561. The van der Waals surface area contributed by atoms with E-state index in [2.05, 4.69) is 156 Å². The molecule has 0 unspecified atom stereocenters. The van der Waals surface area contributed by atoms with Gasteiger partial charge in [0.1, 0.15) is 11.5 Å². The van der Waals surface area contributed by atoms with E-state index in [9.17, 15) is 0 Å². The fourth-order valence-electron chi connectivity index (χ4n) is 7.67. The first-order valence-corrected chi connectivity index (χ1v) is 23.8. The normalized spacial score (nSPS) is 10.7. The van der Waals surface area contributed by atoms with Crippen molar-refractivity contribution in [3.05, 3.63) is 190 Å². The molecule has 334 valence electrons. The molecular formula is C60H62N4O2. The van der Waals surface area contributed by atoms with Gasteiger partial charge in [0, 0.05) is 48.0 Å². The molecule has 3 aromatic carbocycles. The first-order chi connectivity index (χ1) is 32.4. The molecule has 0 bridgehead atoms. The summed E-state index contributed by atoms with van der Waals surface area (Å²) in [5.74, 6) is 15.2. The van der Waals surface area contributed by atoms with Crippen molar-refractivity contribution in [3.63, 3.8) is 0 Å². The van der Waals surface area contributed by atoms with Crippen LogP contribution in [-0.2, 0) is 25.7 Å². The highest BCUT2D eigenvalue weighted by Gasteiger charge is 2.12. The van der Waals surface area contributed by atoms with Crippen molar-refractivity contribution in [1.29, 1.82) is 0 Å². The maximum absolute atomic E-state index is 6.49. The van der Waals surface area contributed by atoms with Gasteiger partial charge in [-0.2, -0.15) is 0 Å². The minimum Gasteiger partial charge on any atom is -0.492 e. The van der Waals surface area contributed by atoms with Gasteiger partial charge >= 0.3 is 0 Å². The highest BCUT2D eigenvalue weighted by atomic mass is 16.5. The second-order valence-corrected chi connectivity index (χ2v) is 17.1. The van der Waals surface area contributed by atoms with Gasteiger partial charge in [-0.1, -0.05) is 100 Å². The summed E-state index contributed by atoms with van der Waals surface area (Å²) in [5.41, 5.74) is 14.5. The molecule has 66 heavy (non-hydrogen) atoms. The van der Waals surface area contributed by atoms with Gasteiger partial charge in [0.25, 0.3) is 0 Å². The standard InChI is InChI=1S/C60H62N4O2/c1-5-7-9-11-37-65-59-43-54(28-26-50-19-15-48(16-20-50)22-24-52-32-36-64-58(42-52)56-40-46(4)30-34-62-56)60(66-38-12-10-8-6-2)44-53(59)27-25-49-17-13-47(14-18-49)21-23-51-31-35-63-57(41-51)55-39-45(3)29-33-61-55/h13-20,29-36,39-44H,5-12,21-24,37-38H2,1-4H3. The van der Waals surface area contributed by atoms with Crippen LogP contribution in [0.15, 0.2) is 134 Å². The molecule has 0 N–H and O–H groups in total. The van der Waals surface area contributed by atoms with Crippen LogP contribution >= 0.6 is 0 Å². The number of pyridine rings is 4. The Hall–Kier alpha value is -7.02. The van der Waals surface area contributed by atoms with E-state index in [0.29, 0.717) is 13.2 Å². The van der Waals surface area contributed by atoms with Gasteiger partial charge in [0.05, 0.1) is 47.1 Å². The van der Waals surface area contributed by atoms with Crippen LogP contribution in [0, 0.1) is 37.5 Å². The van der Waals surface area contributed by atoms with Gasteiger partial charge < -0.3 is 9.47 Å². The number of nitrogens with zero attached hydrogens (tertiary/aromatic N) is 4. The van der Waals surface area contributed by atoms with Gasteiger partial charge in [-0.25, -0.2) is 0 Å². The Morgan fingerprint density at radius 2 is 0.758 bits per heavy atom. The number of rotatable bonds is 20. The van der Waals surface area contributed by atoms with E-state index in [1.165, 1.54) is 59.1 Å². The molecule has 4 aromatic heterocycles. The Labute approximate surface area is 393 Å². The van der Waals surface area contributed by atoms with E-state index in [0.717, 1.165) is 108 Å². The summed E-state index contributed by atoms with van der Waals surface area (Å²) in [4.78, 5) is 18.2. The lowest BCUT2D eigenvalue weighted by Gasteiger charge is -2.14. The highest BCUT2D eigenvalue weighted by Crippen LogP contribution is 2.30. The number of aromatic nitrogens is 4. The van der Waals surface area contributed by atoms with Crippen molar-refractivity contribution >= 4 is 0 Å². The Morgan fingerprint density at radius 3 is 1.15 bits per heavy atom. The molecule has 0 aliphatic rings. The molecule has 0 aliphatic carbocycles. The molecule has 0 saturated heterocycles. The average Bonchev–Trinajstić information content (AvgIpc) is 3.35. The number of hydrogen-bond donors (Lipinski definition) is 0. The molecule has 6 nitrogen and oxygen atoms in total. The van der Waals surface area contributed by atoms with Crippen LogP contribution in [0.25, 0.3) is 22.8 Å². The van der Waals surface area contributed by atoms with Gasteiger partial charge in [-0.3, -0.25) is 19.9 Å². The molecule has 7 rings (SSSR count). The van der Waals surface area contributed by atoms with Gasteiger partial charge in [-0.05, 0) is 159 Å². The monoisotopic (exact) mass is 870 g/mol. The van der Waals surface area contributed by atoms with Crippen LogP contribution in [-0.4, -0.2) is 33.1 Å². The number of aryl methyl sites for hydroxylation is 6. The predicted octanol–water partition coefficient (Wildman–Crippen LogP) is 13.5. The molecule has 0 radical (unpaired) electrons. The Kier molecular flexibility index (Phi) is 17.7. The summed E-state index contributed by atoms with van der Waals surface area (Å²) in [7, 11) is 0. The lowest BCUT2D eigenvalue weighted by atomic mass is 10.0. The molecule has 6 heteroatoms. The van der Waals surface area contributed by atoms with Gasteiger partial charge in [0.2, 0.25) is 0 Å². The predicted molar refractivity (Wildman–Crippen MR) is 270 cm³/mol. The second kappa shape index (κ2) is 24.9. The molecule has 0 spiro atoms. The third-order valence-electron chi connectivity index (χ3n) is 11.6. The molecule has 0 atom stereocenters. The zero-order valence-electron chi connectivity index (χ0n) is 39.2. The van der Waals surface area contributed by atoms with Crippen molar-refractivity contribution < 1.29 is 9.47 Å². The lowest BCUT2D eigenvalue weighted by molar-refractivity contribution is 0.295. The molecule has 0 amide bonds. The van der Waals surface area contributed by atoms with E-state index in [1.54, 1.807) is 0 Å². The largest absolute Gasteiger partial charge is 0.492 e. The third kappa shape index (κ3) is 14.5. The summed E-state index contributed by atoms with van der Waals surface area (Å²) in [6.07, 6.45) is 20.1. The fourth-order valence-corrected chi connectivity index (χ4v) is 7.67. The fraction of sp³-hybridized carbons (Fsp3) is 0.300. The second-order valence-electron chi connectivity index (χ2n) is 17.1. The summed E-state index contributed by atoms with van der Waals surface area (Å²) >= 11 is 0. The van der Waals surface area contributed by atoms with Crippen LogP contribution in [0.5, 0.6) is 11.5 Å². The average molecular weight is 871 g/mol. The van der Waals surface area contributed by atoms with Crippen molar-refractivity contribution in [2.75, 3.05) is 13.2 Å². The minimum absolute atomic E-state index is 0.624. The minimum atomic E-state index is 0.624. The van der Waals surface area contributed by atoms with E-state index in [4.69, 9.17) is 9.47 Å². The smallest absolute Gasteiger partial charge is 0.136 e. The van der Waals surface area contributed by atoms with Gasteiger partial charge in [-0.15, -0.1) is 0 Å². The van der Waals surface area contributed by atoms with Crippen LogP contribution in [0.2, 0.25) is 0 Å². The summed E-state index contributed by atoms with van der Waals surface area (Å²) in [5, 5.41) is 0. The van der Waals surface area contributed by atoms with Crippen molar-refractivity contribution in [3.8, 4) is 58.0 Å².